The molecule has 1 saturated heterocycles. The molecule has 1 atom stereocenters. The summed E-state index contributed by atoms with van der Waals surface area (Å²) in [4.78, 5) is 73.4. The van der Waals surface area contributed by atoms with Gasteiger partial charge in [0, 0.05) is 43.5 Å². The van der Waals surface area contributed by atoms with Crippen molar-refractivity contribution in [3.63, 3.8) is 0 Å². The third kappa shape index (κ3) is 8.61. The third-order valence-corrected chi connectivity index (χ3v) is 10.4. The minimum absolute atomic E-state index is 0.0733. The molecular weight excluding hydrogens is 820 g/mol. The number of amides is 4. The molecule has 0 radical (unpaired) electrons. The number of aryl methyl sites for hydroxylation is 1. The van der Waals surface area contributed by atoms with E-state index in [1.165, 1.54) is 62.3 Å². The van der Waals surface area contributed by atoms with Crippen LogP contribution in [0.4, 0.5) is 33.3 Å². The molecule has 0 spiro atoms. The minimum atomic E-state index is -4.61. The first kappa shape index (κ1) is 42.7. The number of hydrogen-bond acceptors (Lipinski definition) is 8. The molecule has 1 fully saturated rings. The molecule has 0 saturated carbocycles. The number of para-hydroxylation sites is 1. The Morgan fingerprint density at radius 3 is 2.34 bits per heavy atom. The monoisotopic (exact) mass is 856 g/mol. The molecule has 18 heteroatoms. The second kappa shape index (κ2) is 16.9. The Morgan fingerprint density at radius 1 is 0.935 bits per heavy atom. The van der Waals surface area contributed by atoms with E-state index in [4.69, 9.17) is 9.47 Å². The molecule has 13 nitrogen and oxygen atoms in total. The maximum Gasteiger partial charge on any atom is 0.416 e. The average Bonchev–Trinajstić information content (AvgIpc) is 3.60. The first-order valence-corrected chi connectivity index (χ1v) is 18.9. The van der Waals surface area contributed by atoms with Crippen LogP contribution < -0.4 is 30.6 Å². The number of hydrogen-bond donors (Lipinski definition) is 2. The number of nitrogens with zero attached hydrogens (tertiary/aromatic N) is 4. The number of likely N-dealkylation sites (tertiary alicyclic amines) is 1. The van der Waals surface area contributed by atoms with E-state index in [2.05, 4.69) is 15.6 Å². The number of carbonyl (C=O) groups excluding carboxylic acids is 4. The van der Waals surface area contributed by atoms with Crippen LogP contribution in [0.2, 0.25) is 0 Å². The molecular formula is C44H37F5N6O7. The quantitative estimate of drug-likeness (QED) is 0.139. The predicted molar refractivity (Wildman–Crippen MR) is 218 cm³/mol. The molecule has 1 aliphatic heterocycles. The van der Waals surface area contributed by atoms with Crippen LogP contribution in [-0.4, -0.2) is 77.3 Å². The Hall–Kier alpha value is -7.37. The van der Waals surface area contributed by atoms with Crippen LogP contribution in [0.15, 0.2) is 108 Å². The number of halogens is 5. The van der Waals surface area contributed by atoms with Crippen molar-refractivity contribution < 1.29 is 50.6 Å². The maximum atomic E-state index is 14.7. The number of rotatable bonds is 11. The second-order valence-corrected chi connectivity index (χ2v) is 14.5. The normalized spacial score (nSPS) is 14.7. The van der Waals surface area contributed by atoms with Crippen molar-refractivity contribution in [3.05, 3.63) is 136 Å². The van der Waals surface area contributed by atoms with Crippen molar-refractivity contribution in [2.75, 3.05) is 37.5 Å². The van der Waals surface area contributed by atoms with E-state index < -0.39 is 78.0 Å². The minimum Gasteiger partial charge on any atom is -0.496 e. The lowest BCUT2D eigenvalue weighted by Gasteiger charge is -2.23. The second-order valence-electron chi connectivity index (χ2n) is 14.5. The molecule has 62 heavy (non-hydrogen) atoms. The van der Waals surface area contributed by atoms with Crippen LogP contribution in [0, 0.1) is 0 Å². The molecule has 1 unspecified atom stereocenters. The number of anilines is 2. The molecule has 0 aliphatic carbocycles. The van der Waals surface area contributed by atoms with Crippen molar-refractivity contribution >= 4 is 56.8 Å². The van der Waals surface area contributed by atoms with Gasteiger partial charge in [0.2, 0.25) is 11.8 Å². The van der Waals surface area contributed by atoms with Crippen LogP contribution in [0.5, 0.6) is 11.5 Å². The van der Waals surface area contributed by atoms with E-state index in [1.54, 1.807) is 42.5 Å². The third-order valence-electron chi connectivity index (χ3n) is 10.4. The van der Waals surface area contributed by atoms with Gasteiger partial charge in [-0.2, -0.15) is 13.2 Å². The van der Waals surface area contributed by atoms with Crippen LogP contribution in [-0.2, 0) is 29.4 Å². The topological polar surface area (TPSA) is 152 Å². The lowest BCUT2D eigenvalue weighted by Crippen LogP contribution is -2.47. The van der Waals surface area contributed by atoms with Gasteiger partial charge in [-0.15, -0.1) is 0 Å². The Balaban J connectivity index is 1.07. The van der Waals surface area contributed by atoms with E-state index in [0.29, 0.717) is 22.0 Å². The van der Waals surface area contributed by atoms with Gasteiger partial charge >= 0.3 is 6.18 Å². The van der Waals surface area contributed by atoms with Gasteiger partial charge in [-0.25, -0.2) is 8.78 Å². The summed E-state index contributed by atoms with van der Waals surface area (Å²) < 4.78 is 82.1. The Kier molecular flexibility index (Phi) is 11.7. The van der Waals surface area contributed by atoms with Crippen molar-refractivity contribution in [3.8, 4) is 11.5 Å². The average molecular weight is 857 g/mol. The van der Waals surface area contributed by atoms with Gasteiger partial charge in [-0.05, 0) is 66.2 Å². The van der Waals surface area contributed by atoms with Crippen LogP contribution in [0.25, 0.3) is 21.8 Å². The van der Waals surface area contributed by atoms with E-state index in [-0.39, 0.29) is 40.4 Å². The summed E-state index contributed by atoms with van der Waals surface area (Å²) in [6.45, 7) is -1.91. The van der Waals surface area contributed by atoms with Gasteiger partial charge in [-0.1, -0.05) is 36.4 Å². The molecule has 4 amide bonds. The fourth-order valence-electron chi connectivity index (χ4n) is 7.21. The highest BCUT2D eigenvalue weighted by molar-refractivity contribution is 6.11. The molecule has 4 aromatic carbocycles. The summed E-state index contributed by atoms with van der Waals surface area (Å²) in [5, 5.41) is 5.82. The van der Waals surface area contributed by atoms with Crippen LogP contribution in [0.3, 0.4) is 0 Å². The van der Waals surface area contributed by atoms with Crippen molar-refractivity contribution in [2.45, 2.75) is 31.2 Å². The summed E-state index contributed by atoms with van der Waals surface area (Å²) in [5.74, 6) is -6.53. The van der Waals surface area contributed by atoms with E-state index >= 15 is 0 Å². The predicted octanol–water partition coefficient (Wildman–Crippen LogP) is 6.57. The van der Waals surface area contributed by atoms with Crippen molar-refractivity contribution in [2.24, 2.45) is 7.05 Å². The number of carbonyl (C=O) groups is 4. The molecule has 2 aromatic heterocycles. The molecule has 6 aromatic rings. The number of fused-ring (bicyclic) bond motifs is 2. The summed E-state index contributed by atoms with van der Waals surface area (Å²) in [7, 11) is 4.14. The highest BCUT2D eigenvalue weighted by Gasteiger charge is 2.50. The zero-order chi connectivity index (χ0) is 44.5. The number of alkyl halides is 5. The van der Waals surface area contributed by atoms with Crippen LogP contribution >= 0.6 is 0 Å². The Labute approximate surface area is 349 Å². The molecule has 1 aliphatic rings. The molecule has 7 rings (SSSR count). The van der Waals surface area contributed by atoms with E-state index in [0.717, 1.165) is 34.1 Å². The SMILES string of the molecule is COc1cccc2c1c(OCc1ccc(NC(=O)C3CC(F)(F)CN3C(=O)CNC(=O)c3ccnc4ccccc34)cc1)c(C(=O)N(C)c1ccc(C(F)(F)F)cc1)c(=O)n2C. The van der Waals surface area contributed by atoms with Gasteiger partial charge < -0.3 is 34.5 Å². The zero-order valence-electron chi connectivity index (χ0n) is 33.3. The van der Waals surface area contributed by atoms with E-state index in [1.807, 2.05) is 0 Å². The largest absolute Gasteiger partial charge is 0.496 e. The maximum absolute atomic E-state index is 14.7. The summed E-state index contributed by atoms with van der Waals surface area (Å²) >= 11 is 0. The highest BCUT2D eigenvalue weighted by atomic mass is 19.4. The number of benzene rings is 4. The summed E-state index contributed by atoms with van der Waals surface area (Å²) in [6.07, 6.45) is -4.11. The smallest absolute Gasteiger partial charge is 0.416 e. The van der Waals surface area contributed by atoms with Gasteiger partial charge in [0.25, 0.3) is 23.3 Å². The molecule has 2 N–H and O–H groups in total. The lowest BCUT2D eigenvalue weighted by molar-refractivity contribution is -0.137. The van der Waals surface area contributed by atoms with Gasteiger partial charge in [0.1, 0.15) is 24.0 Å². The molecule has 320 valence electrons. The molecule has 3 heterocycles. The standard InChI is InChI=1S/C44H37F5N6O7/c1-53(28-17-13-26(14-18-28)44(47,48)49)41(59)37-38(36-32(54(2)42(37)60)9-6-10-34(36)61-3)62-23-25-11-15-27(16-12-25)52-40(58)33-21-43(45,46)24-55(33)35(56)22-51-39(57)30-19-20-50-31-8-5-4-7-29(30)31/h4-20,33H,21-24H2,1-3H3,(H,51,57)(H,52,58). The summed E-state index contributed by atoms with van der Waals surface area (Å²) in [5.41, 5.74) is -0.225. The number of nitrogens with one attached hydrogen (secondary N) is 2. The number of ether oxygens (including phenoxy) is 2. The highest BCUT2D eigenvalue weighted by Crippen LogP contribution is 2.37. The van der Waals surface area contributed by atoms with Gasteiger partial charge in [-0.3, -0.25) is 29.0 Å². The number of pyridine rings is 2. The molecule has 0 bridgehead atoms. The van der Waals surface area contributed by atoms with Crippen LogP contribution in [0.1, 0.15) is 38.3 Å². The zero-order valence-corrected chi connectivity index (χ0v) is 33.3. The fraction of sp³-hybridized carbons (Fsp3) is 0.227. The Bertz CT molecular complexity index is 2770. The first-order valence-electron chi connectivity index (χ1n) is 18.9. The van der Waals surface area contributed by atoms with Crippen molar-refractivity contribution in [1.29, 1.82) is 0 Å². The van der Waals surface area contributed by atoms with E-state index in [9.17, 15) is 45.9 Å². The van der Waals surface area contributed by atoms with Gasteiger partial charge in [0.05, 0.1) is 47.7 Å². The first-order chi connectivity index (χ1) is 29.5. The number of methoxy groups -OCH3 is 1. The van der Waals surface area contributed by atoms with Crippen molar-refractivity contribution in [1.82, 2.24) is 19.8 Å². The fourth-order valence-corrected chi connectivity index (χ4v) is 7.21. The van der Waals surface area contributed by atoms with Gasteiger partial charge in [0.15, 0.2) is 5.75 Å². The lowest BCUT2D eigenvalue weighted by atomic mass is 10.1. The summed E-state index contributed by atoms with van der Waals surface area (Å²) in [6, 6.07) is 21.5. The number of aromatic nitrogens is 2. The Morgan fingerprint density at radius 2 is 1.65 bits per heavy atom.